The van der Waals surface area contributed by atoms with E-state index in [4.69, 9.17) is 20.9 Å². The number of hydrogen-bond donors (Lipinski definition) is 4. The predicted octanol–water partition coefficient (Wildman–Crippen LogP) is -2.63. The molecule has 1 aliphatic heterocycles. The van der Waals surface area contributed by atoms with Crippen molar-refractivity contribution >= 4 is 0 Å². The largest absolute Gasteiger partial charge is 0.388 e. The summed E-state index contributed by atoms with van der Waals surface area (Å²) in [5, 5.41) is 18.8. The first-order valence-corrected chi connectivity index (χ1v) is 4.11. The monoisotopic (exact) mass is 192 g/mol. The van der Waals surface area contributed by atoms with Crippen molar-refractivity contribution in [1.82, 2.24) is 0 Å². The van der Waals surface area contributed by atoms with Crippen LogP contribution in [0.25, 0.3) is 0 Å². The summed E-state index contributed by atoms with van der Waals surface area (Å²) in [5.74, 6) is 0. The predicted molar refractivity (Wildman–Crippen MR) is 44.7 cm³/mol. The molecule has 0 bridgehead atoms. The number of hydrogen-bond acceptors (Lipinski definition) is 6. The minimum absolute atomic E-state index is 0.166. The molecule has 6 heteroatoms. The second-order valence-electron chi connectivity index (χ2n) is 3.07. The summed E-state index contributed by atoms with van der Waals surface area (Å²) in [4.78, 5) is 0. The SMILES string of the molecule is COC1C(CN)OC(O)C(N)C1O. The normalized spacial score (nSPS) is 46.4. The van der Waals surface area contributed by atoms with E-state index < -0.39 is 30.6 Å². The fourth-order valence-corrected chi connectivity index (χ4v) is 1.44. The number of methoxy groups -OCH3 is 1. The lowest BCUT2D eigenvalue weighted by molar-refractivity contribution is -0.244. The number of aliphatic hydroxyl groups is 2. The Labute approximate surface area is 76.4 Å². The number of ether oxygens (including phenoxy) is 2. The van der Waals surface area contributed by atoms with Crippen LogP contribution in [0.5, 0.6) is 0 Å². The molecule has 0 aromatic rings. The van der Waals surface area contributed by atoms with Crippen molar-refractivity contribution in [3.63, 3.8) is 0 Å². The van der Waals surface area contributed by atoms with E-state index in [1.807, 2.05) is 0 Å². The van der Waals surface area contributed by atoms with E-state index >= 15 is 0 Å². The average Bonchev–Trinajstić information content (AvgIpc) is 2.13. The molecule has 5 unspecified atom stereocenters. The summed E-state index contributed by atoms with van der Waals surface area (Å²) >= 11 is 0. The fraction of sp³-hybridized carbons (Fsp3) is 1.00. The highest BCUT2D eigenvalue weighted by atomic mass is 16.6. The quantitative estimate of drug-likeness (QED) is 0.381. The van der Waals surface area contributed by atoms with Gasteiger partial charge in [0, 0.05) is 13.7 Å². The van der Waals surface area contributed by atoms with Crippen LogP contribution in [0.3, 0.4) is 0 Å². The molecule has 5 atom stereocenters. The average molecular weight is 192 g/mol. The van der Waals surface area contributed by atoms with Gasteiger partial charge in [-0.05, 0) is 0 Å². The summed E-state index contributed by atoms with van der Waals surface area (Å²) < 4.78 is 10.0. The van der Waals surface area contributed by atoms with Gasteiger partial charge in [-0.1, -0.05) is 0 Å². The maximum absolute atomic E-state index is 9.56. The van der Waals surface area contributed by atoms with Crippen LogP contribution < -0.4 is 11.5 Å². The first kappa shape index (κ1) is 10.8. The molecule has 6 N–H and O–H groups in total. The van der Waals surface area contributed by atoms with Gasteiger partial charge in [0.15, 0.2) is 6.29 Å². The lowest BCUT2D eigenvalue weighted by Gasteiger charge is -2.40. The topological polar surface area (TPSA) is 111 Å². The Kier molecular flexibility index (Phi) is 3.60. The van der Waals surface area contributed by atoms with Crippen molar-refractivity contribution in [2.24, 2.45) is 11.5 Å². The molecule has 78 valence electrons. The molecular formula is C7H16N2O4. The lowest BCUT2D eigenvalue weighted by Crippen LogP contribution is -2.63. The zero-order valence-corrected chi connectivity index (χ0v) is 7.46. The number of rotatable bonds is 2. The lowest BCUT2D eigenvalue weighted by atomic mass is 9.97. The summed E-state index contributed by atoms with van der Waals surface area (Å²) in [6.07, 6.45) is -3.24. The molecule has 0 amide bonds. The Bertz CT molecular complexity index is 167. The molecule has 0 spiro atoms. The van der Waals surface area contributed by atoms with Crippen molar-refractivity contribution in [1.29, 1.82) is 0 Å². The fourth-order valence-electron chi connectivity index (χ4n) is 1.44. The van der Waals surface area contributed by atoms with Crippen molar-refractivity contribution in [3.8, 4) is 0 Å². The highest BCUT2D eigenvalue weighted by molar-refractivity contribution is 4.92. The molecule has 1 rings (SSSR count). The van der Waals surface area contributed by atoms with E-state index in [9.17, 15) is 10.2 Å². The number of nitrogens with two attached hydrogens (primary N) is 2. The van der Waals surface area contributed by atoms with Gasteiger partial charge in [-0.25, -0.2) is 0 Å². The van der Waals surface area contributed by atoms with Gasteiger partial charge >= 0.3 is 0 Å². The molecule has 13 heavy (non-hydrogen) atoms. The second-order valence-corrected chi connectivity index (χ2v) is 3.07. The molecule has 0 aliphatic carbocycles. The molecule has 1 saturated heterocycles. The van der Waals surface area contributed by atoms with Gasteiger partial charge in [0.2, 0.25) is 0 Å². The first-order valence-electron chi connectivity index (χ1n) is 4.11. The Hall–Kier alpha value is -0.240. The van der Waals surface area contributed by atoms with Crippen LogP contribution in [0.4, 0.5) is 0 Å². The van der Waals surface area contributed by atoms with E-state index in [0.29, 0.717) is 0 Å². The molecule has 6 nitrogen and oxygen atoms in total. The van der Waals surface area contributed by atoms with Crippen LogP contribution in [-0.2, 0) is 9.47 Å². The summed E-state index contributed by atoms with van der Waals surface area (Å²) in [5.41, 5.74) is 10.8. The van der Waals surface area contributed by atoms with Gasteiger partial charge in [-0.2, -0.15) is 0 Å². The molecule has 0 aromatic carbocycles. The molecular weight excluding hydrogens is 176 g/mol. The maximum Gasteiger partial charge on any atom is 0.172 e. The summed E-state index contributed by atoms with van der Waals surface area (Å²) in [6.45, 7) is 0.166. The van der Waals surface area contributed by atoms with Gasteiger partial charge in [-0.15, -0.1) is 0 Å². The van der Waals surface area contributed by atoms with E-state index in [0.717, 1.165) is 0 Å². The van der Waals surface area contributed by atoms with Crippen molar-refractivity contribution in [2.45, 2.75) is 30.6 Å². The molecule has 1 aliphatic rings. The van der Waals surface area contributed by atoms with Gasteiger partial charge in [-0.3, -0.25) is 0 Å². The van der Waals surface area contributed by atoms with Gasteiger partial charge in [0.25, 0.3) is 0 Å². The smallest absolute Gasteiger partial charge is 0.172 e. The minimum atomic E-state index is -1.19. The van der Waals surface area contributed by atoms with E-state index in [-0.39, 0.29) is 6.54 Å². The molecule has 0 aromatic heterocycles. The molecule has 0 saturated carbocycles. The second kappa shape index (κ2) is 4.32. The van der Waals surface area contributed by atoms with E-state index in [1.54, 1.807) is 0 Å². The molecule has 1 fully saturated rings. The Morgan fingerprint density at radius 1 is 1.46 bits per heavy atom. The van der Waals surface area contributed by atoms with Crippen molar-refractivity contribution < 1.29 is 19.7 Å². The molecule has 0 radical (unpaired) electrons. The van der Waals surface area contributed by atoms with Crippen LogP contribution in [0.15, 0.2) is 0 Å². The van der Waals surface area contributed by atoms with Gasteiger partial charge in [0.1, 0.15) is 18.3 Å². The van der Waals surface area contributed by atoms with Crippen molar-refractivity contribution in [2.75, 3.05) is 13.7 Å². The van der Waals surface area contributed by atoms with Crippen LogP contribution >= 0.6 is 0 Å². The summed E-state index contributed by atoms with van der Waals surface area (Å²) in [6, 6.07) is -0.854. The zero-order chi connectivity index (χ0) is 10.0. The standard InChI is InChI=1S/C7H16N2O4/c1-12-6-3(2-8)13-7(11)4(9)5(6)10/h3-7,10-11H,2,8-9H2,1H3. The summed E-state index contributed by atoms with van der Waals surface area (Å²) in [7, 11) is 1.43. The van der Waals surface area contributed by atoms with Crippen LogP contribution in [0, 0.1) is 0 Å². The Morgan fingerprint density at radius 3 is 2.54 bits per heavy atom. The third-order valence-corrected chi connectivity index (χ3v) is 2.25. The van der Waals surface area contributed by atoms with Crippen molar-refractivity contribution in [3.05, 3.63) is 0 Å². The highest BCUT2D eigenvalue weighted by Gasteiger charge is 2.42. The van der Waals surface area contributed by atoms with Crippen LogP contribution in [-0.4, -0.2) is 54.5 Å². The van der Waals surface area contributed by atoms with Crippen LogP contribution in [0.2, 0.25) is 0 Å². The number of aliphatic hydroxyl groups excluding tert-OH is 2. The van der Waals surface area contributed by atoms with Gasteiger partial charge < -0.3 is 31.2 Å². The Morgan fingerprint density at radius 2 is 2.08 bits per heavy atom. The minimum Gasteiger partial charge on any atom is -0.388 e. The maximum atomic E-state index is 9.56. The molecule has 1 heterocycles. The highest BCUT2D eigenvalue weighted by Crippen LogP contribution is 2.19. The third kappa shape index (κ3) is 1.98. The van der Waals surface area contributed by atoms with Gasteiger partial charge in [0.05, 0.1) is 6.04 Å². The van der Waals surface area contributed by atoms with Crippen LogP contribution in [0.1, 0.15) is 0 Å². The van der Waals surface area contributed by atoms with E-state index in [1.165, 1.54) is 7.11 Å². The zero-order valence-electron chi connectivity index (χ0n) is 7.46. The Balaban J connectivity index is 2.69. The third-order valence-electron chi connectivity index (χ3n) is 2.25. The first-order chi connectivity index (χ1) is 6.11. The van der Waals surface area contributed by atoms with E-state index in [2.05, 4.69) is 0 Å².